The fraction of sp³-hybridized carbons (Fsp3) is 0.286. The molecular weight excluding hydrogens is 329 g/mol. The second kappa shape index (κ2) is 8.15. The first-order valence-electron chi connectivity index (χ1n) is 8.80. The minimum absolute atomic E-state index is 0.274. The molecule has 26 heavy (non-hydrogen) atoms. The third kappa shape index (κ3) is 4.49. The summed E-state index contributed by atoms with van der Waals surface area (Å²) in [5, 5.41) is 2.86. The van der Waals surface area contributed by atoms with Gasteiger partial charge in [0.15, 0.2) is 0 Å². The summed E-state index contributed by atoms with van der Waals surface area (Å²) in [4.78, 5) is 16.8. The predicted octanol–water partition coefficient (Wildman–Crippen LogP) is 3.54. The molecule has 1 amide bonds. The van der Waals surface area contributed by atoms with Crippen molar-refractivity contribution in [3.8, 4) is 0 Å². The SMILES string of the molecule is Cc1cc(N2CCN(C)CC2)ccc1NC(=O)/C=C/c1ccccc1F. The van der Waals surface area contributed by atoms with Crippen LogP contribution in [0.1, 0.15) is 11.1 Å². The lowest BCUT2D eigenvalue weighted by Gasteiger charge is -2.34. The minimum Gasteiger partial charge on any atom is -0.369 e. The Hall–Kier alpha value is -2.66. The van der Waals surface area contributed by atoms with Crippen LogP contribution >= 0.6 is 0 Å². The van der Waals surface area contributed by atoms with E-state index < -0.39 is 0 Å². The highest BCUT2D eigenvalue weighted by Gasteiger charge is 2.15. The zero-order valence-electron chi connectivity index (χ0n) is 15.2. The number of nitrogens with zero attached hydrogens (tertiary/aromatic N) is 2. The number of amides is 1. The maximum absolute atomic E-state index is 13.6. The number of benzene rings is 2. The second-order valence-corrected chi connectivity index (χ2v) is 6.63. The molecule has 0 atom stereocenters. The Morgan fingerprint density at radius 3 is 2.54 bits per heavy atom. The number of hydrogen-bond donors (Lipinski definition) is 1. The normalized spacial score (nSPS) is 15.4. The highest BCUT2D eigenvalue weighted by atomic mass is 19.1. The van der Waals surface area contributed by atoms with E-state index in [1.807, 2.05) is 19.1 Å². The highest BCUT2D eigenvalue weighted by Crippen LogP contribution is 2.23. The van der Waals surface area contributed by atoms with Crippen molar-refractivity contribution in [2.75, 3.05) is 43.4 Å². The van der Waals surface area contributed by atoms with Gasteiger partial charge in [0.25, 0.3) is 0 Å². The summed E-state index contributed by atoms with van der Waals surface area (Å²) in [6, 6.07) is 12.4. The van der Waals surface area contributed by atoms with Crippen molar-refractivity contribution in [1.82, 2.24) is 4.90 Å². The van der Waals surface area contributed by atoms with Crippen molar-refractivity contribution >= 4 is 23.4 Å². The molecule has 0 bridgehead atoms. The first-order chi connectivity index (χ1) is 12.5. The van der Waals surface area contributed by atoms with Gasteiger partial charge in [0.1, 0.15) is 5.82 Å². The lowest BCUT2D eigenvalue weighted by molar-refractivity contribution is -0.111. The van der Waals surface area contributed by atoms with Crippen molar-refractivity contribution in [2.24, 2.45) is 0 Å². The fourth-order valence-corrected chi connectivity index (χ4v) is 3.00. The lowest BCUT2D eigenvalue weighted by atomic mass is 10.1. The van der Waals surface area contributed by atoms with Gasteiger partial charge in [0.05, 0.1) is 0 Å². The van der Waals surface area contributed by atoms with Gasteiger partial charge in [-0.3, -0.25) is 4.79 Å². The molecule has 1 saturated heterocycles. The van der Waals surface area contributed by atoms with E-state index in [1.165, 1.54) is 23.9 Å². The maximum atomic E-state index is 13.6. The Bertz CT molecular complexity index is 811. The molecular formula is C21H24FN3O. The van der Waals surface area contributed by atoms with Gasteiger partial charge in [-0.2, -0.15) is 0 Å². The number of nitrogens with one attached hydrogen (secondary N) is 1. The number of aryl methyl sites for hydroxylation is 1. The van der Waals surface area contributed by atoms with Crippen molar-refractivity contribution in [3.63, 3.8) is 0 Å². The molecule has 1 N–H and O–H groups in total. The average Bonchev–Trinajstić information content (AvgIpc) is 2.63. The summed E-state index contributed by atoms with van der Waals surface area (Å²) in [6.07, 6.45) is 2.84. The molecule has 1 aliphatic heterocycles. The van der Waals surface area contributed by atoms with E-state index in [0.29, 0.717) is 5.56 Å². The third-order valence-electron chi connectivity index (χ3n) is 4.66. The molecule has 3 rings (SSSR count). The molecule has 0 radical (unpaired) electrons. The molecule has 2 aromatic carbocycles. The van der Waals surface area contributed by atoms with Crippen LogP contribution in [0.2, 0.25) is 0 Å². The van der Waals surface area contributed by atoms with Gasteiger partial charge < -0.3 is 15.1 Å². The largest absolute Gasteiger partial charge is 0.369 e. The number of anilines is 2. The van der Waals surface area contributed by atoms with Gasteiger partial charge in [0, 0.05) is 49.2 Å². The van der Waals surface area contributed by atoms with E-state index in [4.69, 9.17) is 0 Å². The zero-order chi connectivity index (χ0) is 18.5. The van der Waals surface area contributed by atoms with Crippen LogP contribution in [0, 0.1) is 12.7 Å². The number of piperazine rings is 1. The van der Waals surface area contributed by atoms with E-state index in [0.717, 1.165) is 37.4 Å². The predicted molar refractivity (Wildman–Crippen MR) is 105 cm³/mol. The molecule has 1 aliphatic rings. The number of carbonyl (C=O) groups excluding carboxylic acids is 1. The molecule has 0 unspecified atom stereocenters. The second-order valence-electron chi connectivity index (χ2n) is 6.63. The standard InChI is InChI=1S/C21H24FN3O/c1-16-15-18(25-13-11-24(2)12-14-25)8-9-20(16)23-21(26)10-7-17-5-3-4-6-19(17)22/h3-10,15H,11-14H2,1-2H3,(H,23,26)/b10-7+. The zero-order valence-corrected chi connectivity index (χ0v) is 15.2. The van der Waals surface area contributed by atoms with Crippen LogP contribution in [-0.4, -0.2) is 44.0 Å². The molecule has 0 aromatic heterocycles. The first kappa shape index (κ1) is 18.1. The monoisotopic (exact) mass is 353 g/mol. The van der Waals surface area contributed by atoms with Gasteiger partial charge in [-0.05, 0) is 49.9 Å². The molecule has 0 saturated carbocycles. The van der Waals surface area contributed by atoms with E-state index in [1.54, 1.807) is 18.2 Å². The number of carbonyl (C=O) groups is 1. The summed E-state index contributed by atoms with van der Waals surface area (Å²) in [7, 11) is 2.13. The summed E-state index contributed by atoms with van der Waals surface area (Å²) < 4.78 is 13.6. The topological polar surface area (TPSA) is 35.6 Å². The molecule has 4 nitrogen and oxygen atoms in total. The van der Waals surface area contributed by atoms with Crippen molar-refractivity contribution in [3.05, 3.63) is 65.5 Å². The van der Waals surface area contributed by atoms with Crippen LogP contribution < -0.4 is 10.2 Å². The number of likely N-dealkylation sites (N-methyl/N-ethyl adjacent to an activating group) is 1. The van der Waals surface area contributed by atoms with Crippen molar-refractivity contribution in [1.29, 1.82) is 0 Å². The Labute approximate surface area is 153 Å². The van der Waals surface area contributed by atoms with Gasteiger partial charge in [-0.25, -0.2) is 4.39 Å². The molecule has 2 aromatic rings. The van der Waals surface area contributed by atoms with E-state index in [-0.39, 0.29) is 11.7 Å². The number of halogens is 1. The Balaban J connectivity index is 1.64. The molecule has 0 spiro atoms. The van der Waals surface area contributed by atoms with E-state index in [2.05, 4.69) is 28.2 Å². The van der Waals surface area contributed by atoms with E-state index in [9.17, 15) is 9.18 Å². The number of rotatable bonds is 4. The van der Waals surface area contributed by atoms with Crippen LogP contribution in [0.3, 0.4) is 0 Å². The van der Waals surface area contributed by atoms with E-state index >= 15 is 0 Å². The summed E-state index contributed by atoms with van der Waals surface area (Å²) in [5.41, 5.74) is 3.35. The molecule has 0 aliphatic carbocycles. The smallest absolute Gasteiger partial charge is 0.248 e. The Morgan fingerprint density at radius 2 is 1.85 bits per heavy atom. The Kier molecular flexibility index (Phi) is 5.68. The van der Waals surface area contributed by atoms with Gasteiger partial charge in [-0.1, -0.05) is 18.2 Å². The quantitative estimate of drug-likeness (QED) is 0.854. The van der Waals surface area contributed by atoms with Crippen LogP contribution in [0.15, 0.2) is 48.5 Å². The third-order valence-corrected chi connectivity index (χ3v) is 4.66. The van der Waals surface area contributed by atoms with Crippen LogP contribution in [0.5, 0.6) is 0 Å². The van der Waals surface area contributed by atoms with Crippen molar-refractivity contribution < 1.29 is 9.18 Å². The summed E-state index contributed by atoms with van der Waals surface area (Å²) in [6.45, 7) is 6.10. The minimum atomic E-state index is -0.343. The molecule has 1 fully saturated rings. The number of hydrogen-bond acceptors (Lipinski definition) is 3. The van der Waals surface area contributed by atoms with Crippen LogP contribution in [0.4, 0.5) is 15.8 Å². The highest BCUT2D eigenvalue weighted by molar-refractivity contribution is 6.02. The maximum Gasteiger partial charge on any atom is 0.248 e. The van der Waals surface area contributed by atoms with Crippen molar-refractivity contribution in [2.45, 2.75) is 6.92 Å². The van der Waals surface area contributed by atoms with Gasteiger partial charge in [-0.15, -0.1) is 0 Å². The molecule has 136 valence electrons. The first-order valence-corrected chi connectivity index (χ1v) is 8.80. The molecule has 5 heteroatoms. The van der Waals surface area contributed by atoms with Crippen LogP contribution in [-0.2, 0) is 4.79 Å². The van der Waals surface area contributed by atoms with Crippen LogP contribution in [0.25, 0.3) is 6.08 Å². The van der Waals surface area contributed by atoms with Gasteiger partial charge >= 0.3 is 0 Å². The summed E-state index contributed by atoms with van der Waals surface area (Å²) in [5.74, 6) is -0.618. The Morgan fingerprint density at radius 1 is 1.12 bits per heavy atom. The lowest BCUT2D eigenvalue weighted by Crippen LogP contribution is -2.44. The fourth-order valence-electron chi connectivity index (χ4n) is 3.00. The average molecular weight is 353 g/mol. The summed E-state index contributed by atoms with van der Waals surface area (Å²) >= 11 is 0. The molecule has 1 heterocycles. The van der Waals surface area contributed by atoms with Gasteiger partial charge in [0.2, 0.25) is 5.91 Å².